The molecule has 4 heteroatoms. The number of carbonyl (C=O) groups is 1. The summed E-state index contributed by atoms with van der Waals surface area (Å²) in [4.78, 5) is 15.4. The highest BCUT2D eigenvalue weighted by molar-refractivity contribution is 6.28. The van der Waals surface area contributed by atoms with Crippen molar-refractivity contribution in [1.29, 1.82) is 0 Å². The Morgan fingerprint density at radius 2 is 1.75 bits per heavy atom. The van der Waals surface area contributed by atoms with Crippen molar-refractivity contribution in [3.63, 3.8) is 0 Å². The maximum atomic E-state index is 12.2. The van der Waals surface area contributed by atoms with E-state index in [1.165, 1.54) is 5.56 Å². The summed E-state index contributed by atoms with van der Waals surface area (Å²) in [7, 11) is 0. The molecule has 0 bridgehead atoms. The van der Waals surface area contributed by atoms with Crippen LogP contribution in [-0.2, 0) is 11.2 Å². The molecule has 2 N–H and O–H groups in total. The average Bonchev–Trinajstić information content (AvgIpc) is 3.19. The molecule has 0 unspecified atom stereocenters. The fourth-order valence-corrected chi connectivity index (χ4v) is 2.99. The van der Waals surface area contributed by atoms with Crippen molar-refractivity contribution in [2.45, 2.75) is 12.8 Å². The van der Waals surface area contributed by atoms with Crippen LogP contribution in [0.25, 0.3) is 17.0 Å². The molecule has 4 rings (SSSR count). The van der Waals surface area contributed by atoms with Crippen molar-refractivity contribution in [3.8, 4) is 0 Å². The molecule has 0 saturated heterocycles. The number of fused-ring (bicyclic) bond motifs is 1. The van der Waals surface area contributed by atoms with E-state index in [9.17, 15) is 4.79 Å². The van der Waals surface area contributed by atoms with E-state index in [-0.39, 0.29) is 5.91 Å². The van der Waals surface area contributed by atoms with Crippen LogP contribution in [-0.4, -0.2) is 16.6 Å². The van der Waals surface area contributed by atoms with E-state index in [2.05, 4.69) is 27.6 Å². The molecule has 2 heterocycles. The highest BCUT2D eigenvalue weighted by Gasteiger charge is 2.22. The lowest BCUT2D eigenvalue weighted by Crippen LogP contribution is -2.13. The number of rotatable bonds is 4. The number of H-pyrrole nitrogens is 1. The van der Waals surface area contributed by atoms with Gasteiger partial charge in [0.05, 0.1) is 11.3 Å². The first-order chi connectivity index (χ1) is 11.8. The monoisotopic (exact) mass is 315 g/mol. The van der Waals surface area contributed by atoms with Gasteiger partial charge in [0.1, 0.15) is 0 Å². The molecule has 24 heavy (non-hydrogen) atoms. The van der Waals surface area contributed by atoms with E-state index in [1.54, 1.807) is 0 Å². The summed E-state index contributed by atoms with van der Waals surface area (Å²) in [5, 5.41) is 5.32. The van der Waals surface area contributed by atoms with Crippen LogP contribution >= 0.6 is 0 Å². The van der Waals surface area contributed by atoms with Gasteiger partial charge in [-0.25, -0.2) is 5.43 Å². The van der Waals surface area contributed by atoms with Gasteiger partial charge in [-0.1, -0.05) is 48.5 Å². The number of aromatic amines is 1. The Morgan fingerprint density at radius 1 is 0.958 bits per heavy atom. The van der Waals surface area contributed by atoms with E-state index in [1.807, 2.05) is 54.7 Å². The fourth-order valence-electron chi connectivity index (χ4n) is 2.99. The van der Waals surface area contributed by atoms with E-state index in [4.69, 9.17) is 0 Å². The molecule has 0 saturated carbocycles. The largest absolute Gasteiger partial charge is 0.361 e. The van der Waals surface area contributed by atoms with E-state index < -0.39 is 0 Å². The summed E-state index contributed by atoms with van der Waals surface area (Å²) in [6.45, 7) is 0. The van der Waals surface area contributed by atoms with E-state index in [0.29, 0.717) is 5.57 Å². The molecule has 0 atom stereocenters. The van der Waals surface area contributed by atoms with Crippen LogP contribution in [0.3, 0.4) is 0 Å². The maximum absolute atomic E-state index is 12.2. The van der Waals surface area contributed by atoms with Gasteiger partial charge in [0.25, 0.3) is 5.91 Å². The van der Waals surface area contributed by atoms with Gasteiger partial charge in [0.15, 0.2) is 0 Å². The molecule has 0 fully saturated rings. The minimum absolute atomic E-state index is 0.136. The number of aromatic nitrogens is 1. The summed E-state index contributed by atoms with van der Waals surface area (Å²) < 4.78 is 0. The number of hydrogen-bond acceptors (Lipinski definition) is 2. The van der Waals surface area contributed by atoms with Gasteiger partial charge in [-0.3, -0.25) is 4.79 Å². The van der Waals surface area contributed by atoms with Gasteiger partial charge >= 0.3 is 0 Å². The molecule has 1 amide bonds. The molecular formula is C20H17N3O. The Balaban J connectivity index is 1.60. The normalized spacial score (nSPS) is 15.8. The summed E-state index contributed by atoms with van der Waals surface area (Å²) in [6.07, 6.45) is 5.44. The third-order valence-electron chi connectivity index (χ3n) is 4.26. The molecule has 4 nitrogen and oxygen atoms in total. The van der Waals surface area contributed by atoms with Crippen LogP contribution in [0.2, 0.25) is 0 Å². The van der Waals surface area contributed by atoms with Gasteiger partial charge in [-0.2, -0.15) is 5.10 Å². The Morgan fingerprint density at radius 3 is 2.62 bits per heavy atom. The zero-order valence-corrected chi connectivity index (χ0v) is 13.1. The number of hydrogen-bond donors (Lipinski definition) is 2. The minimum atomic E-state index is -0.136. The number of benzene rings is 2. The standard InChI is InChI=1S/C20H17N3O/c24-20-17(12-15-13-21-18-9-5-4-8-16(15)18)19(22-23-20)11-10-14-6-2-1-3-7-14/h1-9,12-13,21H,10-11H2,(H,23,24). The lowest BCUT2D eigenvalue weighted by atomic mass is 10.0. The van der Waals surface area contributed by atoms with E-state index >= 15 is 0 Å². The summed E-state index contributed by atoms with van der Waals surface area (Å²) in [5.74, 6) is -0.136. The quantitative estimate of drug-likeness (QED) is 0.709. The Hall–Kier alpha value is -3.14. The van der Waals surface area contributed by atoms with Crippen LogP contribution in [0, 0.1) is 0 Å². The number of amides is 1. The average molecular weight is 315 g/mol. The lowest BCUT2D eigenvalue weighted by molar-refractivity contribution is -0.116. The number of nitrogens with one attached hydrogen (secondary N) is 2. The molecule has 3 aromatic rings. The number of para-hydroxylation sites is 1. The van der Waals surface area contributed by atoms with Crippen LogP contribution in [0.1, 0.15) is 17.5 Å². The van der Waals surface area contributed by atoms with Crippen molar-refractivity contribution in [1.82, 2.24) is 10.4 Å². The Kier molecular flexibility index (Phi) is 3.71. The summed E-state index contributed by atoms with van der Waals surface area (Å²) >= 11 is 0. The molecule has 1 aromatic heterocycles. The molecule has 0 spiro atoms. The molecule has 0 aliphatic carbocycles. The first-order valence-electron chi connectivity index (χ1n) is 8.00. The van der Waals surface area contributed by atoms with E-state index in [0.717, 1.165) is 35.0 Å². The number of carbonyl (C=O) groups excluding carboxylic acids is 1. The number of aryl methyl sites for hydroxylation is 1. The second-order valence-electron chi connectivity index (χ2n) is 5.83. The molecule has 0 radical (unpaired) electrons. The van der Waals surface area contributed by atoms with Crippen molar-refractivity contribution in [2.24, 2.45) is 5.10 Å². The first-order valence-corrected chi connectivity index (χ1v) is 8.00. The Labute approximate surface area is 139 Å². The molecule has 2 aromatic carbocycles. The summed E-state index contributed by atoms with van der Waals surface area (Å²) in [5.41, 5.74) is 7.36. The van der Waals surface area contributed by atoms with Crippen LogP contribution in [0.15, 0.2) is 71.5 Å². The highest BCUT2D eigenvalue weighted by atomic mass is 16.2. The minimum Gasteiger partial charge on any atom is -0.361 e. The zero-order valence-electron chi connectivity index (χ0n) is 13.1. The molecule has 1 aliphatic rings. The second kappa shape index (κ2) is 6.16. The van der Waals surface area contributed by atoms with Crippen LogP contribution in [0.4, 0.5) is 0 Å². The topological polar surface area (TPSA) is 57.2 Å². The van der Waals surface area contributed by atoms with Crippen molar-refractivity contribution >= 4 is 28.6 Å². The molecule has 118 valence electrons. The van der Waals surface area contributed by atoms with Crippen molar-refractivity contribution in [3.05, 3.63) is 77.5 Å². The lowest BCUT2D eigenvalue weighted by Gasteiger charge is -2.02. The van der Waals surface area contributed by atoms with Crippen molar-refractivity contribution in [2.75, 3.05) is 0 Å². The predicted molar refractivity (Wildman–Crippen MR) is 96.6 cm³/mol. The van der Waals surface area contributed by atoms with Gasteiger partial charge in [0.2, 0.25) is 0 Å². The fraction of sp³-hybridized carbons (Fsp3) is 0.100. The van der Waals surface area contributed by atoms with Gasteiger partial charge in [-0.05, 0) is 30.5 Å². The van der Waals surface area contributed by atoms with Crippen molar-refractivity contribution < 1.29 is 4.79 Å². The number of hydrazone groups is 1. The summed E-state index contributed by atoms with van der Waals surface area (Å²) in [6, 6.07) is 18.3. The third kappa shape index (κ3) is 2.74. The van der Waals surface area contributed by atoms with Gasteiger partial charge in [0, 0.05) is 22.7 Å². The second-order valence-corrected chi connectivity index (χ2v) is 5.83. The predicted octanol–water partition coefficient (Wildman–Crippen LogP) is 3.67. The molecule has 1 aliphatic heterocycles. The van der Waals surface area contributed by atoms with Gasteiger partial charge in [-0.15, -0.1) is 0 Å². The van der Waals surface area contributed by atoms with Crippen LogP contribution in [0.5, 0.6) is 0 Å². The Bertz CT molecular complexity index is 951. The van der Waals surface area contributed by atoms with Crippen LogP contribution < -0.4 is 5.43 Å². The zero-order chi connectivity index (χ0) is 16.4. The SMILES string of the molecule is O=C1NN=C(CCc2ccccc2)C1=Cc1c[nH]c2ccccc12. The maximum Gasteiger partial charge on any atom is 0.273 e. The number of nitrogens with zero attached hydrogens (tertiary/aromatic N) is 1. The highest BCUT2D eigenvalue weighted by Crippen LogP contribution is 2.22. The first kappa shape index (κ1) is 14.5. The smallest absolute Gasteiger partial charge is 0.273 e. The molecular weight excluding hydrogens is 298 g/mol. The van der Waals surface area contributed by atoms with Gasteiger partial charge < -0.3 is 4.98 Å². The third-order valence-corrected chi connectivity index (χ3v) is 4.26.